The number of aryl methyl sites for hydroxylation is 1. The summed E-state index contributed by atoms with van der Waals surface area (Å²) in [6, 6.07) is 26.2. The Kier molecular flexibility index (Phi) is 5.79. The molecule has 5 aromatic rings. The van der Waals surface area contributed by atoms with Gasteiger partial charge in [-0.2, -0.15) is 0 Å². The summed E-state index contributed by atoms with van der Waals surface area (Å²) in [6.07, 6.45) is 1.01. The Morgan fingerprint density at radius 3 is 2.47 bits per heavy atom. The predicted molar refractivity (Wildman–Crippen MR) is 133 cm³/mol. The fraction of sp³-hybridized carbons (Fsp3) is 0.115. The quantitative estimate of drug-likeness (QED) is 0.291. The van der Waals surface area contributed by atoms with E-state index >= 15 is 0 Å². The van der Waals surface area contributed by atoms with E-state index in [0.29, 0.717) is 5.13 Å². The van der Waals surface area contributed by atoms with Gasteiger partial charge in [0.1, 0.15) is 0 Å². The largest absolute Gasteiger partial charge is 0.274 e. The first-order chi connectivity index (χ1) is 15.7. The highest BCUT2D eigenvalue weighted by Gasteiger charge is 2.24. The zero-order valence-corrected chi connectivity index (χ0v) is 19.2. The first kappa shape index (κ1) is 20.5. The monoisotopic (exact) mass is 455 g/mol. The van der Waals surface area contributed by atoms with Gasteiger partial charge in [-0.05, 0) is 36.2 Å². The van der Waals surface area contributed by atoms with Crippen molar-refractivity contribution >= 4 is 49.6 Å². The van der Waals surface area contributed by atoms with Gasteiger partial charge in [0.25, 0.3) is 0 Å². The average Bonchev–Trinajstić information content (AvgIpc) is 3.42. The number of anilines is 2. The highest BCUT2D eigenvalue weighted by Crippen LogP contribution is 2.35. The van der Waals surface area contributed by atoms with Crippen LogP contribution in [0.2, 0.25) is 0 Å². The Hall–Kier alpha value is -3.35. The van der Waals surface area contributed by atoms with Gasteiger partial charge in [0, 0.05) is 11.8 Å². The normalized spacial score (nSPS) is 11.0. The molecule has 0 saturated carbocycles. The van der Waals surface area contributed by atoms with E-state index in [1.165, 1.54) is 16.9 Å². The first-order valence-electron chi connectivity index (χ1n) is 10.4. The number of benzene rings is 3. The fourth-order valence-corrected chi connectivity index (χ4v) is 5.45. The summed E-state index contributed by atoms with van der Waals surface area (Å²) in [5.74, 6) is -0.0325. The van der Waals surface area contributed by atoms with Crippen LogP contribution in [0.15, 0.2) is 84.2 Å². The third-order valence-electron chi connectivity index (χ3n) is 5.21. The van der Waals surface area contributed by atoms with Gasteiger partial charge in [0.15, 0.2) is 5.13 Å². The molecular formula is C26H21N3OS2. The van der Waals surface area contributed by atoms with E-state index in [4.69, 9.17) is 9.97 Å². The van der Waals surface area contributed by atoms with Gasteiger partial charge in [0.05, 0.1) is 33.0 Å². The summed E-state index contributed by atoms with van der Waals surface area (Å²) < 4.78 is 1.06. The molecule has 5 rings (SSSR count). The van der Waals surface area contributed by atoms with Crippen LogP contribution in [0.1, 0.15) is 21.8 Å². The molecule has 32 heavy (non-hydrogen) atoms. The van der Waals surface area contributed by atoms with Crippen LogP contribution in [0.3, 0.4) is 0 Å². The predicted octanol–water partition coefficient (Wildman–Crippen LogP) is 6.56. The lowest BCUT2D eigenvalue weighted by atomic mass is 10.1. The zero-order chi connectivity index (χ0) is 21.9. The van der Waals surface area contributed by atoms with Crippen LogP contribution in [-0.2, 0) is 17.6 Å². The lowest BCUT2D eigenvalue weighted by molar-refractivity contribution is -0.117. The summed E-state index contributed by atoms with van der Waals surface area (Å²) in [5, 5.41) is 3.69. The minimum atomic E-state index is -0.0325. The van der Waals surface area contributed by atoms with Gasteiger partial charge in [-0.25, -0.2) is 9.97 Å². The van der Waals surface area contributed by atoms with E-state index in [1.54, 1.807) is 16.2 Å². The molecule has 0 saturated heterocycles. The maximum Gasteiger partial charge on any atom is 0.239 e. The number of aromatic nitrogens is 2. The number of carbonyl (C=O) groups excluding carboxylic acids is 1. The summed E-state index contributed by atoms with van der Waals surface area (Å²) in [6.45, 7) is 2.02. The molecule has 0 atom stereocenters. The third kappa shape index (κ3) is 4.33. The first-order valence-corrected chi connectivity index (χ1v) is 12.1. The Balaban J connectivity index is 1.44. The van der Waals surface area contributed by atoms with Crippen molar-refractivity contribution < 1.29 is 4.79 Å². The summed E-state index contributed by atoms with van der Waals surface area (Å²) >= 11 is 3.13. The molecule has 2 aromatic heterocycles. The second kappa shape index (κ2) is 9.02. The third-order valence-corrected chi connectivity index (χ3v) is 7.13. The highest BCUT2D eigenvalue weighted by molar-refractivity contribution is 7.22. The molecule has 2 heterocycles. The molecule has 0 bridgehead atoms. The van der Waals surface area contributed by atoms with Gasteiger partial charge in [0.2, 0.25) is 5.91 Å². The molecule has 0 radical (unpaired) electrons. The summed E-state index contributed by atoms with van der Waals surface area (Å²) in [7, 11) is 0. The number of nitrogens with zero attached hydrogens (tertiary/aromatic N) is 3. The molecule has 1 amide bonds. The lowest BCUT2D eigenvalue weighted by Gasteiger charge is -2.21. The second-order valence-electron chi connectivity index (χ2n) is 7.55. The van der Waals surface area contributed by atoms with Crippen molar-refractivity contribution in [3.05, 3.63) is 106 Å². The maximum absolute atomic E-state index is 13.6. The van der Waals surface area contributed by atoms with Crippen LogP contribution < -0.4 is 4.90 Å². The Labute approximate surface area is 194 Å². The van der Waals surface area contributed by atoms with Crippen LogP contribution in [0, 0.1) is 6.92 Å². The van der Waals surface area contributed by atoms with Crippen molar-refractivity contribution in [3.63, 3.8) is 0 Å². The van der Waals surface area contributed by atoms with Gasteiger partial charge in [-0.3, -0.25) is 9.69 Å². The number of hydrogen-bond acceptors (Lipinski definition) is 5. The number of rotatable bonds is 6. The van der Waals surface area contributed by atoms with Crippen LogP contribution in [0.25, 0.3) is 10.2 Å². The number of carbonyl (C=O) groups is 1. The van der Waals surface area contributed by atoms with E-state index in [1.807, 2.05) is 79.0 Å². The SMILES string of the molecule is Cc1ccccc1N(C(=O)Cc1csc(Cc2ccccc2)n1)c1nc2ccccc2s1. The zero-order valence-electron chi connectivity index (χ0n) is 17.6. The number of fused-ring (bicyclic) bond motifs is 1. The van der Waals surface area contributed by atoms with Gasteiger partial charge in [-0.15, -0.1) is 11.3 Å². The molecule has 158 valence electrons. The standard InChI is InChI=1S/C26H21N3OS2/c1-18-9-5-7-13-22(18)29(26-28-21-12-6-8-14-23(21)32-26)25(30)16-20-17-31-24(27-20)15-19-10-3-2-4-11-19/h2-14,17H,15-16H2,1H3. The van der Waals surface area contributed by atoms with Crippen molar-refractivity contribution in [3.8, 4) is 0 Å². The Morgan fingerprint density at radius 2 is 1.66 bits per heavy atom. The fourth-order valence-electron chi connectivity index (χ4n) is 3.63. The minimum Gasteiger partial charge on any atom is -0.274 e. The van der Waals surface area contributed by atoms with E-state index < -0.39 is 0 Å². The summed E-state index contributed by atoms with van der Waals surface area (Å²) in [5.41, 5.74) is 4.80. The average molecular weight is 456 g/mol. The van der Waals surface area contributed by atoms with Gasteiger partial charge in [-0.1, -0.05) is 72.0 Å². The van der Waals surface area contributed by atoms with Gasteiger partial charge >= 0.3 is 0 Å². The molecule has 0 unspecified atom stereocenters. The van der Waals surface area contributed by atoms with Crippen LogP contribution >= 0.6 is 22.7 Å². The molecule has 0 aliphatic rings. The van der Waals surface area contributed by atoms with Crippen molar-refractivity contribution in [2.45, 2.75) is 19.8 Å². The highest BCUT2D eigenvalue weighted by atomic mass is 32.1. The van der Waals surface area contributed by atoms with Crippen LogP contribution in [-0.4, -0.2) is 15.9 Å². The van der Waals surface area contributed by atoms with E-state index in [0.717, 1.165) is 38.6 Å². The number of hydrogen-bond donors (Lipinski definition) is 0. The molecule has 6 heteroatoms. The molecular weight excluding hydrogens is 434 g/mol. The molecule has 4 nitrogen and oxygen atoms in total. The molecule has 0 aliphatic carbocycles. The number of thiazole rings is 2. The van der Waals surface area contributed by atoms with E-state index in [-0.39, 0.29) is 12.3 Å². The maximum atomic E-state index is 13.6. The van der Waals surface area contributed by atoms with Gasteiger partial charge < -0.3 is 0 Å². The van der Waals surface area contributed by atoms with Crippen molar-refractivity contribution in [2.75, 3.05) is 4.90 Å². The number of para-hydroxylation sites is 2. The topological polar surface area (TPSA) is 46.1 Å². The van der Waals surface area contributed by atoms with Crippen LogP contribution in [0.4, 0.5) is 10.8 Å². The van der Waals surface area contributed by atoms with Crippen molar-refractivity contribution in [1.82, 2.24) is 9.97 Å². The Morgan fingerprint density at radius 1 is 0.906 bits per heavy atom. The van der Waals surface area contributed by atoms with E-state index in [2.05, 4.69) is 12.1 Å². The minimum absolute atomic E-state index is 0.0325. The van der Waals surface area contributed by atoms with E-state index in [9.17, 15) is 4.79 Å². The molecule has 0 fully saturated rings. The lowest BCUT2D eigenvalue weighted by Crippen LogP contribution is -2.28. The second-order valence-corrected chi connectivity index (χ2v) is 9.50. The molecule has 3 aromatic carbocycles. The number of amides is 1. The van der Waals surface area contributed by atoms with Crippen molar-refractivity contribution in [1.29, 1.82) is 0 Å². The van der Waals surface area contributed by atoms with Crippen molar-refractivity contribution in [2.24, 2.45) is 0 Å². The molecule has 0 spiro atoms. The molecule has 0 N–H and O–H groups in total. The van der Waals surface area contributed by atoms with Crippen LogP contribution in [0.5, 0.6) is 0 Å². The molecule has 0 aliphatic heterocycles. The summed E-state index contributed by atoms with van der Waals surface area (Å²) in [4.78, 5) is 24.8. The Bertz CT molecular complexity index is 1340. The smallest absolute Gasteiger partial charge is 0.239 e.